The molecule has 0 heterocycles. The summed E-state index contributed by atoms with van der Waals surface area (Å²) in [6.45, 7) is 1.82. The van der Waals surface area contributed by atoms with E-state index in [1.165, 1.54) is 7.11 Å². The first-order chi connectivity index (χ1) is 7.46. The van der Waals surface area contributed by atoms with Crippen LogP contribution in [0.15, 0.2) is 22.7 Å². The van der Waals surface area contributed by atoms with E-state index in [0.29, 0.717) is 17.9 Å². The largest absolute Gasteiger partial charge is 0.497 e. The van der Waals surface area contributed by atoms with Crippen LogP contribution in [0.3, 0.4) is 0 Å². The van der Waals surface area contributed by atoms with Gasteiger partial charge in [0.2, 0.25) is 10.0 Å². The molecule has 0 unspecified atom stereocenters. The summed E-state index contributed by atoms with van der Waals surface area (Å²) in [6, 6.07) is 5.09. The van der Waals surface area contributed by atoms with Gasteiger partial charge in [0, 0.05) is 10.5 Å². The molecule has 0 saturated heterocycles. The molecule has 0 aliphatic rings. The maximum Gasteiger partial charge on any atom is 0.232 e. The summed E-state index contributed by atoms with van der Waals surface area (Å²) in [5.74, 6) is 0.713. The van der Waals surface area contributed by atoms with Gasteiger partial charge in [0.05, 0.1) is 18.6 Å². The van der Waals surface area contributed by atoms with E-state index in [1.54, 1.807) is 18.2 Å². The van der Waals surface area contributed by atoms with Crippen LogP contribution in [-0.4, -0.2) is 21.3 Å². The number of sulfonamides is 1. The van der Waals surface area contributed by atoms with Gasteiger partial charge in [-0.05, 0) is 18.6 Å². The fraction of sp³-hybridized carbons (Fsp3) is 0.400. The third kappa shape index (κ3) is 4.02. The Balaban J connectivity index is 2.93. The Morgan fingerprint density at radius 1 is 1.38 bits per heavy atom. The van der Waals surface area contributed by atoms with Crippen LogP contribution in [-0.2, 0) is 10.0 Å². The number of hydrogen-bond acceptors (Lipinski definition) is 3. The molecule has 1 aromatic rings. The summed E-state index contributed by atoms with van der Waals surface area (Å²) in [4.78, 5) is 0. The highest BCUT2D eigenvalue weighted by Crippen LogP contribution is 2.25. The molecule has 1 rings (SSSR count). The van der Waals surface area contributed by atoms with E-state index in [-0.39, 0.29) is 5.75 Å². The van der Waals surface area contributed by atoms with Crippen molar-refractivity contribution in [3.63, 3.8) is 0 Å². The minimum absolute atomic E-state index is 0.113. The van der Waals surface area contributed by atoms with Crippen LogP contribution in [0.25, 0.3) is 0 Å². The van der Waals surface area contributed by atoms with Gasteiger partial charge in [0.1, 0.15) is 5.75 Å². The Morgan fingerprint density at radius 2 is 2.06 bits per heavy atom. The van der Waals surface area contributed by atoms with Crippen molar-refractivity contribution in [2.45, 2.75) is 13.3 Å². The van der Waals surface area contributed by atoms with Crippen molar-refractivity contribution in [3.8, 4) is 5.75 Å². The molecule has 16 heavy (non-hydrogen) atoms. The topological polar surface area (TPSA) is 55.4 Å². The first-order valence-corrected chi connectivity index (χ1v) is 7.26. The Labute approximate surface area is 104 Å². The predicted octanol–water partition coefficient (Wildman–Crippen LogP) is 2.61. The lowest BCUT2D eigenvalue weighted by atomic mass is 10.3. The summed E-state index contributed by atoms with van der Waals surface area (Å²) < 4.78 is 31.4. The van der Waals surface area contributed by atoms with Crippen LogP contribution in [0.5, 0.6) is 5.75 Å². The number of ether oxygens (including phenoxy) is 1. The lowest BCUT2D eigenvalue weighted by molar-refractivity contribution is 0.415. The van der Waals surface area contributed by atoms with Gasteiger partial charge in [-0.2, -0.15) is 0 Å². The van der Waals surface area contributed by atoms with Crippen molar-refractivity contribution in [2.75, 3.05) is 17.6 Å². The first-order valence-electron chi connectivity index (χ1n) is 4.82. The van der Waals surface area contributed by atoms with Crippen LogP contribution < -0.4 is 9.46 Å². The average Bonchev–Trinajstić information content (AvgIpc) is 2.15. The zero-order valence-electron chi connectivity index (χ0n) is 9.16. The minimum Gasteiger partial charge on any atom is -0.497 e. The van der Waals surface area contributed by atoms with Crippen molar-refractivity contribution in [1.29, 1.82) is 0 Å². The standard InChI is InChI=1S/C10H14BrNO3S/c1-3-4-16(13,14)12-9-5-8(11)6-10(7-9)15-2/h5-7,12H,3-4H2,1-2H3. The monoisotopic (exact) mass is 307 g/mol. The summed E-state index contributed by atoms with van der Waals surface area (Å²) in [5.41, 5.74) is 0.500. The van der Waals surface area contributed by atoms with Crippen molar-refractivity contribution in [3.05, 3.63) is 22.7 Å². The van der Waals surface area contributed by atoms with Gasteiger partial charge in [-0.25, -0.2) is 8.42 Å². The van der Waals surface area contributed by atoms with E-state index in [4.69, 9.17) is 4.74 Å². The first kappa shape index (κ1) is 13.3. The summed E-state index contributed by atoms with van der Waals surface area (Å²) in [6.07, 6.45) is 0.584. The molecule has 0 atom stereocenters. The summed E-state index contributed by atoms with van der Waals surface area (Å²) in [5, 5.41) is 0. The van der Waals surface area contributed by atoms with Gasteiger partial charge in [-0.15, -0.1) is 0 Å². The Morgan fingerprint density at radius 3 is 2.62 bits per heavy atom. The van der Waals surface area contributed by atoms with Crippen LogP contribution in [0.2, 0.25) is 0 Å². The fourth-order valence-electron chi connectivity index (χ4n) is 1.24. The molecule has 0 aliphatic carbocycles. The maximum atomic E-state index is 11.5. The molecular formula is C10H14BrNO3S. The van der Waals surface area contributed by atoms with Gasteiger partial charge >= 0.3 is 0 Å². The molecule has 0 fully saturated rings. The minimum atomic E-state index is -3.25. The highest BCUT2D eigenvalue weighted by atomic mass is 79.9. The molecular weight excluding hydrogens is 294 g/mol. The van der Waals surface area contributed by atoms with E-state index < -0.39 is 10.0 Å². The van der Waals surface area contributed by atoms with Gasteiger partial charge in [-0.3, -0.25) is 4.72 Å². The maximum absolute atomic E-state index is 11.5. The molecule has 0 aromatic heterocycles. The number of benzene rings is 1. The van der Waals surface area contributed by atoms with Gasteiger partial charge in [0.15, 0.2) is 0 Å². The van der Waals surface area contributed by atoms with E-state index in [9.17, 15) is 8.42 Å². The van der Waals surface area contributed by atoms with Crippen LogP contribution in [0, 0.1) is 0 Å². The second kappa shape index (κ2) is 5.54. The number of anilines is 1. The van der Waals surface area contributed by atoms with Crippen molar-refractivity contribution < 1.29 is 13.2 Å². The normalized spacial score (nSPS) is 11.2. The van der Waals surface area contributed by atoms with E-state index in [1.807, 2.05) is 6.92 Å². The number of halogens is 1. The molecule has 0 spiro atoms. The lowest BCUT2D eigenvalue weighted by Gasteiger charge is -2.09. The molecule has 90 valence electrons. The van der Waals surface area contributed by atoms with Crippen LogP contribution in [0.1, 0.15) is 13.3 Å². The Hall–Kier alpha value is -0.750. The summed E-state index contributed by atoms with van der Waals surface area (Å²) >= 11 is 3.29. The highest BCUT2D eigenvalue weighted by Gasteiger charge is 2.09. The Kier molecular flexibility index (Phi) is 4.61. The van der Waals surface area contributed by atoms with Gasteiger partial charge in [-0.1, -0.05) is 22.9 Å². The van der Waals surface area contributed by atoms with Gasteiger partial charge < -0.3 is 4.74 Å². The van der Waals surface area contributed by atoms with Crippen molar-refractivity contribution in [1.82, 2.24) is 0 Å². The third-order valence-corrected chi connectivity index (χ3v) is 3.80. The molecule has 0 saturated carbocycles. The second-order valence-electron chi connectivity index (χ2n) is 3.30. The Bertz CT molecular complexity index is 459. The van der Waals surface area contributed by atoms with E-state index >= 15 is 0 Å². The van der Waals surface area contributed by atoms with Crippen LogP contribution in [0.4, 0.5) is 5.69 Å². The molecule has 6 heteroatoms. The van der Waals surface area contributed by atoms with Gasteiger partial charge in [0.25, 0.3) is 0 Å². The van der Waals surface area contributed by atoms with Crippen LogP contribution >= 0.6 is 15.9 Å². The fourth-order valence-corrected chi connectivity index (χ4v) is 2.83. The predicted molar refractivity (Wildman–Crippen MR) is 68.4 cm³/mol. The SMILES string of the molecule is CCCS(=O)(=O)Nc1cc(Br)cc(OC)c1. The number of nitrogens with one attached hydrogen (secondary N) is 1. The number of hydrogen-bond donors (Lipinski definition) is 1. The van der Waals surface area contributed by atoms with Crippen molar-refractivity contribution >= 4 is 31.6 Å². The molecule has 1 N–H and O–H groups in total. The zero-order valence-corrected chi connectivity index (χ0v) is 11.6. The molecule has 4 nitrogen and oxygen atoms in total. The number of methoxy groups -OCH3 is 1. The molecule has 0 aliphatic heterocycles. The molecule has 1 aromatic carbocycles. The smallest absolute Gasteiger partial charge is 0.232 e. The van der Waals surface area contributed by atoms with E-state index in [0.717, 1.165) is 4.47 Å². The molecule has 0 bridgehead atoms. The third-order valence-electron chi connectivity index (χ3n) is 1.85. The number of rotatable bonds is 5. The quantitative estimate of drug-likeness (QED) is 0.909. The highest BCUT2D eigenvalue weighted by molar-refractivity contribution is 9.10. The lowest BCUT2D eigenvalue weighted by Crippen LogP contribution is -2.16. The molecule has 0 amide bonds. The second-order valence-corrected chi connectivity index (χ2v) is 6.06. The molecule has 0 radical (unpaired) electrons. The van der Waals surface area contributed by atoms with Crippen molar-refractivity contribution in [2.24, 2.45) is 0 Å². The zero-order chi connectivity index (χ0) is 12.2. The summed E-state index contributed by atoms with van der Waals surface area (Å²) in [7, 11) is -1.72. The van der Waals surface area contributed by atoms with E-state index in [2.05, 4.69) is 20.7 Å². The average molecular weight is 308 g/mol.